The maximum absolute atomic E-state index is 13.6. The van der Waals surface area contributed by atoms with Crippen LogP contribution in [0.2, 0.25) is 0 Å². The van der Waals surface area contributed by atoms with Crippen LogP contribution in [0.5, 0.6) is 5.75 Å². The molecule has 0 spiro atoms. The number of aromatic nitrogens is 4. The number of aryl methyl sites for hydroxylation is 3. The van der Waals surface area contributed by atoms with Crippen molar-refractivity contribution in [1.82, 2.24) is 19.7 Å². The topological polar surface area (TPSA) is 83.0 Å². The van der Waals surface area contributed by atoms with Gasteiger partial charge in [0, 0.05) is 17.4 Å². The SMILES string of the molecule is CCc1noc(CSc2nc3sc(CC)c(C)c3c(=O)n2-c2cccc(OC)c2)n1. The van der Waals surface area contributed by atoms with Crippen LogP contribution in [0.1, 0.15) is 36.0 Å². The average molecular weight is 443 g/mol. The Labute approximate surface area is 182 Å². The van der Waals surface area contributed by atoms with Crippen molar-refractivity contribution in [3.63, 3.8) is 0 Å². The van der Waals surface area contributed by atoms with E-state index in [1.165, 1.54) is 16.6 Å². The van der Waals surface area contributed by atoms with E-state index in [0.717, 1.165) is 16.8 Å². The standard InChI is InChI=1S/C21H22N4O3S2/c1-5-15-12(3)18-19(30-15)23-21(29-11-17-22-16(6-2)24-28-17)25(20(18)26)13-8-7-9-14(10-13)27-4/h7-10H,5-6,11H2,1-4H3. The summed E-state index contributed by atoms with van der Waals surface area (Å²) in [4.78, 5) is 24.7. The van der Waals surface area contributed by atoms with Crippen LogP contribution in [0.4, 0.5) is 0 Å². The van der Waals surface area contributed by atoms with Crippen LogP contribution in [-0.4, -0.2) is 26.8 Å². The van der Waals surface area contributed by atoms with Crippen LogP contribution < -0.4 is 10.3 Å². The molecule has 0 fully saturated rings. The van der Waals surface area contributed by atoms with E-state index in [4.69, 9.17) is 14.2 Å². The first-order valence-electron chi connectivity index (χ1n) is 9.69. The number of hydrogen-bond donors (Lipinski definition) is 0. The molecule has 0 saturated carbocycles. The first-order valence-corrected chi connectivity index (χ1v) is 11.5. The molecule has 0 bridgehead atoms. The van der Waals surface area contributed by atoms with Gasteiger partial charge in [0.1, 0.15) is 10.6 Å². The second-order valence-electron chi connectivity index (χ2n) is 6.67. The van der Waals surface area contributed by atoms with E-state index in [9.17, 15) is 4.79 Å². The van der Waals surface area contributed by atoms with Crippen LogP contribution >= 0.6 is 23.1 Å². The fraction of sp³-hybridized carbons (Fsp3) is 0.333. The lowest BCUT2D eigenvalue weighted by molar-refractivity contribution is 0.385. The molecule has 4 rings (SSSR count). The first-order chi connectivity index (χ1) is 14.5. The summed E-state index contributed by atoms with van der Waals surface area (Å²) in [5, 5.41) is 5.20. The average Bonchev–Trinajstić information content (AvgIpc) is 3.36. The zero-order chi connectivity index (χ0) is 21.3. The minimum Gasteiger partial charge on any atom is -0.497 e. The van der Waals surface area contributed by atoms with Gasteiger partial charge in [-0.05, 0) is 31.0 Å². The van der Waals surface area contributed by atoms with E-state index in [2.05, 4.69) is 17.1 Å². The molecule has 9 heteroatoms. The molecule has 30 heavy (non-hydrogen) atoms. The Balaban J connectivity index is 1.86. The Morgan fingerprint density at radius 3 is 2.77 bits per heavy atom. The van der Waals surface area contributed by atoms with Gasteiger partial charge in [0.25, 0.3) is 5.56 Å². The molecule has 0 saturated heterocycles. The van der Waals surface area contributed by atoms with Gasteiger partial charge in [-0.25, -0.2) is 4.98 Å². The molecule has 7 nitrogen and oxygen atoms in total. The Kier molecular flexibility index (Phi) is 5.92. The molecule has 1 aromatic carbocycles. The number of ether oxygens (including phenoxy) is 1. The second-order valence-corrected chi connectivity index (χ2v) is 8.69. The Bertz CT molecular complexity index is 1260. The van der Waals surface area contributed by atoms with Gasteiger partial charge in [-0.1, -0.05) is 36.8 Å². The highest BCUT2D eigenvalue weighted by Gasteiger charge is 2.20. The lowest BCUT2D eigenvalue weighted by atomic mass is 10.2. The highest BCUT2D eigenvalue weighted by Crippen LogP contribution is 2.31. The summed E-state index contributed by atoms with van der Waals surface area (Å²) in [5.74, 6) is 2.29. The zero-order valence-corrected chi connectivity index (χ0v) is 18.9. The molecule has 3 aromatic heterocycles. The second kappa shape index (κ2) is 8.61. The van der Waals surface area contributed by atoms with Crippen molar-refractivity contribution in [3.05, 3.63) is 56.8 Å². The summed E-state index contributed by atoms with van der Waals surface area (Å²) in [5.41, 5.74) is 1.64. The minimum atomic E-state index is -0.0796. The van der Waals surface area contributed by atoms with E-state index in [1.807, 2.05) is 38.1 Å². The van der Waals surface area contributed by atoms with Crippen molar-refractivity contribution in [3.8, 4) is 11.4 Å². The van der Waals surface area contributed by atoms with Gasteiger partial charge in [0.2, 0.25) is 5.89 Å². The van der Waals surface area contributed by atoms with E-state index in [0.29, 0.717) is 45.9 Å². The molecule has 0 amide bonds. The van der Waals surface area contributed by atoms with Gasteiger partial charge in [-0.2, -0.15) is 4.98 Å². The molecule has 0 radical (unpaired) electrons. The summed E-state index contributed by atoms with van der Waals surface area (Å²) in [6.07, 6.45) is 1.58. The fourth-order valence-corrected chi connectivity index (χ4v) is 5.25. The maximum atomic E-state index is 13.6. The maximum Gasteiger partial charge on any atom is 0.267 e. The molecule has 0 unspecified atom stereocenters. The summed E-state index contributed by atoms with van der Waals surface area (Å²) in [7, 11) is 1.61. The van der Waals surface area contributed by atoms with E-state index >= 15 is 0 Å². The van der Waals surface area contributed by atoms with Gasteiger partial charge in [-0.3, -0.25) is 9.36 Å². The third-order valence-electron chi connectivity index (χ3n) is 4.82. The number of methoxy groups -OCH3 is 1. The number of thioether (sulfide) groups is 1. The smallest absolute Gasteiger partial charge is 0.267 e. The molecular formula is C21H22N4O3S2. The highest BCUT2D eigenvalue weighted by molar-refractivity contribution is 7.98. The number of nitrogens with zero attached hydrogens (tertiary/aromatic N) is 4. The quantitative estimate of drug-likeness (QED) is 0.306. The van der Waals surface area contributed by atoms with Crippen molar-refractivity contribution in [2.24, 2.45) is 0 Å². The lowest BCUT2D eigenvalue weighted by Gasteiger charge is -2.12. The first kappa shape index (κ1) is 20.6. The van der Waals surface area contributed by atoms with Crippen LogP contribution in [0.3, 0.4) is 0 Å². The largest absolute Gasteiger partial charge is 0.497 e. The van der Waals surface area contributed by atoms with Crippen LogP contribution in [0.25, 0.3) is 15.9 Å². The third kappa shape index (κ3) is 3.75. The molecule has 3 heterocycles. The summed E-state index contributed by atoms with van der Waals surface area (Å²) in [6.45, 7) is 6.06. The predicted molar refractivity (Wildman–Crippen MR) is 119 cm³/mol. The lowest BCUT2D eigenvalue weighted by Crippen LogP contribution is -2.21. The van der Waals surface area contributed by atoms with Crippen molar-refractivity contribution < 1.29 is 9.26 Å². The van der Waals surface area contributed by atoms with Gasteiger partial charge in [-0.15, -0.1) is 11.3 Å². The van der Waals surface area contributed by atoms with Crippen molar-refractivity contribution in [2.45, 2.75) is 44.5 Å². The van der Waals surface area contributed by atoms with Crippen LogP contribution in [0.15, 0.2) is 38.7 Å². The zero-order valence-electron chi connectivity index (χ0n) is 17.3. The van der Waals surface area contributed by atoms with Gasteiger partial charge >= 0.3 is 0 Å². The Hall–Kier alpha value is -2.65. The highest BCUT2D eigenvalue weighted by atomic mass is 32.2. The number of thiophene rings is 1. The van der Waals surface area contributed by atoms with Gasteiger partial charge < -0.3 is 9.26 Å². The number of fused-ring (bicyclic) bond motifs is 1. The summed E-state index contributed by atoms with van der Waals surface area (Å²) >= 11 is 2.98. The molecule has 0 atom stereocenters. The Morgan fingerprint density at radius 1 is 1.23 bits per heavy atom. The third-order valence-corrected chi connectivity index (χ3v) is 7.07. The van der Waals surface area contributed by atoms with E-state index < -0.39 is 0 Å². The number of hydrogen-bond acceptors (Lipinski definition) is 8. The number of benzene rings is 1. The molecule has 0 aliphatic rings. The van der Waals surface area contributed by atoms with Crippen molar-refractivity contribution >= 4 is 33.3 Å². The number of rotatable bonds is 7. The van der Waals surface area contributed by atoms with Crippen LogP contribution in [-0.2, 0) is 18.6 Å². The molecule has 0 N–H and O–H groups in total. The van der Waals surface area contributed by atoms with Gasteiger partial charge in [0.15, 0.2) is 11.0 Å². The molecule has 0 aliphatic heterocycles. The van der Waals surface area contributed by atoms with Gasteiger partial charge in [0.05, 0.1) is 23.9 Å². The predicted octanol–water partition coefficient (Wildman–Crippen LogP) is 4.56. The van der Waals surface area contributed by atoms with Crippen LogP contribution in [0, 0.1) is 6.92 Å². The normalized spacial score (nSPS) is 11.3. The molecule has 0 aliphatic carbocycles. The monoisotopic (exact) mass is 442 g/mol. The fourth-order valence-electron chi connectivity index (χ4n) is 3.24. The molecule has 4 aromatic rings. The Morgan fingerprint density at radius 2 is 2.07 bits per heavy atom. The minimum absolute atomic E-state index is 0.0796. The van der Waals surface area contributed by atoms with E-state index in [1.54, 1.807) is 23.0 Å². The summed E-state index contributed by atoms with van der Waals surface area (Å²) < 4.78 is 12.3. The molecule has 156 valence electrons. The van der Waals surface area contributed by atoms with E-state index in [-0.39, 0.29) is 5.56 Å². The molecular weight excluding hydrogens is 420 g/mol. The van der Waals surface area contributed by atoms with Crippen molar-refractivity contribution in [2.75, 3.05) is 7.11 Å². The van der Waals surface area contributed by atoms with Crippen molar-refractivity contribution in [1.29, 1.82) is 0 Å². The summed E-state index contributed by atoms with van der Waals surface area (Å²) in [6, 6.07) is 7.43.